The number of rotatable bonds is 5. The molecule has 31 heavy (non-hydrogen) atoms. The van der Waals surface area contributed by atoms with Gasteiger partial charge in [-0.25, -0.2) is 17.4 Å². The third-order valence-electron chi connectivity index (χ3n) is 5.52. The fourth-order valence-electron chi connectivity index (χ4n) is 4.20. The molecule has 0 radical (unpaired) electrons. The van der Waals surface area contributed by atoms with Gasteiger partial charge in [0.05, 0.1) is 16.0 Å². The molecule has 1 aliphatic rings. The molecule has 6 nitrogen and oxygen atoms in total. The van der Waals surface area contributed by atoms with Gasteiger partial charge in [-0.05, 0) is 36.8 Å². The molecular formula is C24H22N2O4S. The van der Waals surface area contributed by atoms with E-state index in [9.17, 15) is 8.42 Å². The fourth-order valence-corrected chi connectivity index (χ4v) is 5.75. The Hall–Kier alpha value is -3.16. The zero-order chi connectivity index (χ0) is 21.4. The maximum absolute atomic E-state index is 13.8. The van der Waals surface area contributed by atoms with Crippen molar-refractivity contribution >= 4 is 21.1 Å². The summed E-state index contributed by atoms with van der Waals surface area (Å²) in [6.45, 7) is 2.42. The van der Waals surface area contributed by atoms with Crippen molar-refractivity contribution in [2.24, 2.45) is 0 Å². The molecule has 1 aliphatic heterocycles. The number of benzene rings is 2. The number of nitrogens with zero attached hydrogens (tertiary/aromatic N) is 2. The van der Waals surface area contributed by atoms with Crippen molar-refractivity contribution in [3.05, 3.63) is 90.3 Å². The molecule has 5 rings (SSSR count). The summed E-state index contributed by atoms with van der Waals surface area (Å²) >= 11 is 0. The van der Waals surface area contributed by atoms with Crippen molar-refractivity contribution in [2.75, 3.05) is 6.61 Å². The Labute approximate surface area is 181 Å². The molecule has 7 heteroatoms. The van der Waals surface area contributed by atoms with E-state index in [2.05, 4.69) is 4.98 Å². The second-order valence-electron chi connectivity index (χ2n) is 7.37. The van der Waals surface area contributed by atoms with Crippen LogP contribution >= 0.6 is 0 Å². The standard InChI is InChI=1S/C24H22N2O4S/c1-2-29-21-16-20(17-10-5-3-6-11-17)22-23(30-21)19-14-9-15-25-24(19)26(22)31(27,28)18-12-7-4-8-13-18/h3-15,20-21H,2,16H2,1H3/t20-,21+/m0/s1. The molecule has 0 bridgehead atoms. The van der Waals surface area contributed by atoms with Crippen LogP contribution in [0.1, 0.15) is 30.5 Å². The summed E-state index contributed by atoms with van der Waals surface area (Å²) < 4.78 is 41.0. The summed E-state index contributed by atoms with van der Waals surface area (Å²) in [5.41, 5.74) is 1.94. The van der Waals surface area contributed by atoms with Crippen LogP contribution in [0.25, 0.3) is 11.0 Å². The number of hydrogen-bond donors (Lipinski definition) is 0. The summed E-state index contributed by atoms with van der Waals surface area (Å²) in [6.07, 6.45) is 1.63. The van der Waals surface area contributed by atoms with Gasteiger partial charge in [0, 0.05) is 25.1 Å². The van der Waals surface area contributed by atoms with Crippen LogP contribution in [0.5, 0.6) is 5.75 Å². The molecule has 0 saturated heterocycles. The Balaban J connectivity index is 1.83. The summed E-state index contributed by atoms with van der Waals surface area (Å²) in [5, 5.41) is 0.655. The van der Waals surface area contributed by atoms with Gasteiger partial charge >= 0.3 is 0 Å². The molecule has 0 N–H and O–H groups in total. The summed E-state index contributed by atoms with van der Waals surface area (Å²) in [5.74, 6) is 0.287. The Morgan fingerprint density at radius 1 is 1.03 bits per heavy atom. The molecule has 2 aromatic carbocycles. The van der Waals surface area contributed by atoms with E-state index in [0.717, 1.165) is 5.56 Å². The van der Waals surface area contributed by atoms with Crippen molar-refractivity contribution in [3.8, 4) is 5.75 Å². The molecule has 3 heterocycles. The van der Waals surface area contributed by atoms with E-state index < -0.39 is 16.3 Å². The van der Waals surface area contributed by atoms with Crippen molar-refractivity contribution in [2.45, 2.75) is 30.4 Å². The lowest BCUT2D eigenvalue weighted by Crippen LogP contribution is -2.31. The molecular weight excluding hydrogens is 412 g/mol. The van der Waals surface area contributed by atoms with E-state index >= 15 is 0 Å². The van der Waals surface area contributed by atoms with Gasteiger partial charge in [0.1, 0.15) is 0 Å². The SMILES string of the molecule is CCO[C@H]1C[C@@H](c2ccccc2)c2c(c3cccnc3n2S(=O)(=O)c2ccccc2)O1. The van der Waals surface area contributed by atoms with E-state index in [0.29, 0.717) is 35.5 Å². The molecule has 0 fully saturated rings. The van der Waals surface area contributed by atoms with Gasteiger partial charge in [-0.2, -0.15) is 0 Å². The number of aromatic nitrogens is 2. The lowest BCUT2D eigenvalue weighted by Gasteiger charge is -2.31. The average molecular weight is 435 g/mol. The largest absolute Gasteiger partial charge is 0.462 e. The van der Waals surface area contributed by atoms with Gasteiger partial charge in [-0.1, -0.05) is 48.5 Å². The first-order valence-corrected chi connectivity index (χ1v) is 11.7. The molecule has 158 valence electrons. The normalized spacial score (nSPS) is 18.5. The maximum atomic E-state index is 13.8. The average Bonchev–Trinajstić information content (AvgIpc) is 3.15. The van der Waals surface area contributed by atoms with Gasteiger partial charge in [0.15, 0.2) is 11.4 Å². The quantitative estimate of drug-likeness (QED) is 0.461. The van der Waals surface area contributed by atoms with Crippen LogP contribution in [0.4, 0.5) is 0 Å². The zero-order valence-electron chi connectivity index (χ0n) is 17.0. The van der Waals surface area contributed by atoms with Crippen LogP contribution in [-0.4, -0.2) is 30.3 Å². The minimum Gasteiger partial charge on any atom is -0.462 e. The van der Waals surface area contributed by atoms with E-state index in [-0.39, 0.29) is 10.8 Å². The third kappa shape index (κ3) is 3.30. The second-order valence-corrected chi connectivity index (χ2v) is 9.16. The molecule has 0 amide bonds. The number of fused-ring (bicyclic) bond motifs is 3. The Morgan fingerprint density at radius 3 is 2.45 bits per heavy atom. The van der Waals surface area contributed by atoms with Crippen LogP contribution in [-0.2, 0) is 14.8 Å². The molecule has 2 atom stereocenters. The highest BCUT2D eigenvalue weighted by Crippen LogP contribution is 2.47. The summed E-state index contributed by atoms with van der Waals surface area (Å²) in [4.78, 5) is 4.65. The molecule has 0 unspecified atom stereocenters. The Bertz CT molecular complexity index is 1320. The van der Waals surface area contributed by atoms with Gasteiger partial charge in [-0.3, -0.25) is 0 Å². The first kappa shape index (κ1) is 19.8. The van der Waals surface area contributed by atoms with E-state index in [1.807, 2.05) is 43.3 Å². The molecule has 0 saturated carbocycles. The van der Waals surface area contributed by atoms with Crippen molar-refractivity contribution < 1.29 is 17.9 Å². The topological polar surface area (TPSA) is 70.4 Å². The van der Waals surface area contributed by atoms with Crippen molar-refractivity contribution in [1.82, 2.24) is 8.96 Å². The highest BCUT2D eigenvalue weighted by Gasteiger charge is 2.39. The van der Waals surface area contributed by atoms with Crippen LogP contribution in [0.2, 0.25) is 0 Å². The monoisotopic (exact) mass is 434 g/mol. The van der Waals surface area contributed by atoms with Gasteiger partial charge in [0.2, 0.25) is 6.29 Å². The van der Waals surface area contributed by atoms with Crippen LogP contribution in [0.15, 0.2) is 83.9 Å². The predicted molar refractivity (Wildman–Crippen MR) is 118 cm³/mol. The van der Waals surface area contributed by atoms with Crippen LogP contribution < -0.4 is 4.74 Å². The number of ether oxygens (including phenoxy) is 2. The van der Waals surface area contributed by atoms with Crippen LogP contribution in [0, 0.1) is 0 Å². The highest BCUT2D eigenvalue weighted by atomic mass is 32.2. The predicted octanol–water partition coefficient (Wildman–Crippen LogP) is 4.55. The van der Waals surface area contributed by atoms with Crippen molar-refractivity contribution in [1.29, 1.82) is 0 Å². The molecule has 0 aliphatic carbocycles. The molecule has 4 aromatic rings. The Morgan fingerprint density at radius 2 is 1.74 bits per heavy atom. The number of pyridine rings is 1. The number of hydrogen-bond acceptors (Lipinski definition) is 5. The first-order valence-electron chi connectivity index (χ1n) is 10.2. The summed E-state index contributed by atoms with van der Waals surface area (Å²) in [6, 6.07) is 21.9. The highest BCUT2D eigenvalue weighted by molar-refractivity contribution is 7.90. The molecule has 2 aromatic heterocycles. The van der Waals surface area contributed by atoms with Crippen LogP contribution in [0.3, 0.4) is 0 Å². The van der Waals surface area contributed by atoms with E-state index in [4.69, 9.17) is 9.47 Å². The smallest absolute Gasteiger partial charge is 0.269 e. The van der Waals surface area contributed by atoms with Crippen molar-refractivity contribution in [3.63, 3.8) is 0 Å². The fraction of sp³-hybridized carbons (Fsp3) is 0.208. The van der Waals surface area contributed by atoms with E-state index in [1.54, 1.807) is 42.6 Å². The van der Waals surface area contributed by atoms with Gasteiger partial charge in [-0.15, -0.1) is 0 Å². The first-order chi connectivity index (χ1) is 15.1. The van der Waals surface area contributed by atoms with Gasteiger partial charge in [0.25, 0.3) is 10.0 Å². The van der Waals surface area contributed by atoms with Gasteiger partial charge < -0.3 is 9.47 Å². The lowest BCUT2D eigenvalue weighted by molar-refractivity contribution is -0.0889. The minimum absolute atomic E-state index is 0.207. The lowest BCUT2D eigenvalue weighted by atomic mass is 9.90. The maximum Gasteiger partial charge on any atom is 0.269 e. The minimum atomic E-state index is -3.90. The second kappa shape index (κ2) is 7.83. The van der Waals surface area contributed by atoms with E-state index in [1.165, 1.54) is 3.97 Å². The molecule has 0 spiro atoms. The summed E-state index contributed by atoms with van der Waals surface area (Å²) in [7, 11) is -3.90. The Kier molecular flexibility index (Phi) is 5.00. The third-order valence-corrected chi connectivity index (χ3v) is 7.24. The zero-order valence-corrected chi connectivity index (χ0v) is 17.8.